The van der Waals surface area contributed by atoms with Gasteiger partial charge in [0, 0.05) is 36.2 Å². The molecule has 2 aliphatic carbocycles. The van der Waals surface area contributed by atoms with Crippen LogP contribution in [0.1, 0.15) is 56.9 Å². The number of carbonyl (C=O) groups is 2. The summed E-state index contributed by atoms with van der Waals surface area (Å²) in [5.41, 5.74) is 12.0. The highest BCUT2D eigenvalue weighted by Crippen LogP contribution is 2.40. The van der Waals surface area contributed by atoms with E-state index in [-0.39, 0.29) is 23.4 Å². The quantitative estimate of drug-likeness (QED) is 0.347. The third-order valence-corrected chi connectivity index (χ3v) is 8.38. The summed E-state index contributed by atoms with van der Waals surface area (Å²) < 4.78 is 0. The molecule has 0 aliphatic heterocycles. The molecule has 0 spiro atoms. The molecule has 2 fully saturated rings. The van der Waals surface area contributed by atoms with E-state index in [1.54, 1.807) is 13.2 Å². The molecule has 0 atom stereocenters. The Morgan fingerprint density at radius 1 is 1.03 bits per heavy atom. The van der Waals surface area contributed by atoms with Crippen LogP contribution in [0.2, 0.25) is 0 Å². The average molecular weight is 513 g/mol. The summed E-state index contributed by atoms with van der Waals surface area (Å²) in [6, 6.07) is 20.5. The van der Waals surface area contributed by atoms with Gasteiger partial charge < -0.3 is 21.1 Å². The summed E-state index contributed by atoms with van der Waals surface area (Å²) in [5.74, 6) is 0.223. The van der Waals surface area contributed by atoms with Crippen LogP contribution in [-0.4, -0.2) is 40.1 Å². The maximum Gasteiger partial charge on any atom is 0.407 e. The molecule has 3 aromatic rings. The fraction of sp³-hybridized carbons (Fsp3) is 0.387. The molecule has 2 amide bonds. The number of nitrogens with zero attached hydrogens (tertiary/aromatic N) is 2. The van der Waals surface area contributed by atoms with Crippen LogP contribution in [-0.2, 0) is 10.3 Å². The van der Waals surface area contributed by atoms with E-state index in [0.29, 0.717) is 12.1 Å². The lowest BCUT2D eigenvalue weighted by Gasteiger charge is -2.38. The Labute approximate surface area is 224 Å². The van der Waals surface area contributed by atoms with Crippen molar-refractivity contribution in [3.05, 3.63) is 72.4 Å². The number of pyridine rings is 1. The Balaban J connectivity index is 1.30. The second-order valence-corrected chi connectivity index (χ2v) is 10.9. The SMILES string of the molecule is CN(C(=O)O)[C@H]1CC[C@H](CC(=O)Nc2cnc(-c3ccc(C4(N)CCC4)cc3)c(-c3ccccc3)c2)CC1. The van der Waals surface area contributed by atoms with Gasteiger partial charge in [-0.1, -0.05) is 54.6 Å². The molecule has 2 aliphatic rings. The second-order valence-electron chi connectivity index (χ2n) is 10.9. The lowest BCUT2D eigenvalue weighted by atomic mass is 9.72. The van der Waals surface area contributed by atoms with Crippen molar-refractivity contribution in [3.8, 4) is 22.4 Å². The molecular formula is C31H36N4O3. The first-order valence-electron chi connectivity index (χ1n) is 13.5. The van der Waals surface area contributed by atoms with Crippen LogP contribution in [0.3, 0.4) is 0 Å². The van der Waals surface area contributed by atoms with E-state index in [2.05, 4.69) is 41.7 Å². The molecule has 0 saturated heterocycles. The van der Waals surface area contributed by atoms with Crippen LogP contribution in [0.25, 0.3) is 22.4 Å². The molecule has 38 heavy (non-hydrogen) atoms. The number of amides is 2. The van der Waals surface area contributed by atoms with Gasteiger partial charge in [0.1, 0.15) is 0 Å². The number of aromatic nitrogens is 1. The number of carbonyl (C=O) groups excluding carboxylic acids is 1. The minimum absolute atomic E-state index is 0.0355. The van der Waals surface area contributed by atoms with Crippen molar-refractivity contribution in [2.45, 2.75) is 62.9 Å². The van der Waals surface area contributed by atoms with Gasteiger partial charge in [-0.2, -0.15) is 0 Å². The summed E-state index contributed by atoms with van der Waals surface area (Å²) in [7, 11) is 1.62. The van der Waals surface area contributed by atoms with Gasteiger partial charge in [-0.15, -0.1) is 0 Å². The second kappa shape index (κ2) is 11.0. The highest BCUT2D eigenvalue weighted by molar-refractivity contribution is 5.93. The Kier molecular flexibility index (Phi) is 7.47. The molecule has 1 heterocycles. The van der Waals surface area contributed by atoms with Crippen molar-refractivity contribution in [2.75, 3.05) is 12.4 Å². The smallest absolute Gasteiger partial charge is 0.407 e. The van der Waals surface area contributed by atoms with E-state index >= 15 is 0 Å². The van der Waals surface area contributed by atoms with Gasteiger partial charge in [0.15, 0.2) is 0 Å². The van der Waals surface area contributed by atoms with Gasteiger partial charge in [-0.25, -0.2) is 4.79 Å². The van der Waals surface area contributed by atoms with Gasteiger partial charge in [0.2, 0.25) is 5.91 Å². The van der Waals surface area contributed by atoms with E-state index in [4.69, 9.17) is 10.7 Å². The summed E-state index contributed by atoms with van der Waals surface area (Å²) in [5, 5.41) is 12.3. The molecule has 0 radical (unpaired) electrons. The molecule has 7 heteroatoms. The minimum atomic E-state index is -0.894. The fourth-order valence-corrected chi connectivity index (χ4v) is 5.77. The zero-order valence-electron chi connectivity index (χ0n) is 21.9. The zero-order valence-corrected chi connectivity index (χ0v) is 21.9. The minimum Gasteiger partial charge on any atom is -0.465 e. The van der Waals surface area contributed by atoms with Crippen LogP contribution >= 0.6 is 0 Å². The summed E-state index contributed by atoms with van der Waals surface area (Å²) in [4.78, 5) is 30.3. The number of hydrogen-bond acceptors (Lipinski definition) is 4. The monoisotopic (exact) mass is 512 g/mol. The molecule has 4 N–H and O–H groups in total. The Bertz CT molecular complexity index is 1280. The van der Waals surface area contributed by atoms with Crippen molar-refractivity contribution in [2.24, 2.45) is 11.7 Å². The zero-order chi connectivity index (χ0) is 26.7. The van der Waals surface area contributed by atoms with Gasteiger partial charge >= 0.3 is 6.09 Å². The number of nitrogens with one attached hydrogen (secondary N) is 1. The van der Waals surface area contributed by atoms with E-state index in [0.717, 1.165) is 60.9 Å². The topological polar surface area (TPSA) is 109 Å². The number of hydrogen-bond donors (Lipinski definition) is 3. The third kappa shape index (κ3) is 5.58. The van der Waals surface area contributed by atoms with Gasteiger partial charge in [-0.3, -0.25) is 9.78 Å². The normalized spacial score (nSPS) is 20.3. The third-order valence-electron chi connectivity index (χ3n) is 8.38. The molecule has 2 saturated carbocycles. The Morgan fingerprint density at radius 3 is 2.32 bits per heavy atom. The number of anilines is 1. The molecule has 7 nitrogen and oxygen atoms in total. The largest absolute Gasteiger partial charge is 0.465 e. The first-order valence-corrected chi connectivity index (χ1v) is 13.5. The van der Waals surface area contributed by atoms with Crippen LogP contribution < -0.4 is 11.1 Å². The van der Waals surface area contributed by atoms with Crippen molar-refractivity contribution in [1.29, 1.82) is 0 Å². The maximum absolute atomic E-state index is 12.9. The lowest BCUT2D eigenvalue weighted by molar-refractivity contribution is -0.117. The van der Waals surface area contributed by atoms with Crippen molar-refractivity contribution >= 4 is 17.7 Å². The first-order chi connectivity index (χ1) is 18.3. The standard InChI is InChI=1S/C31H36N4O3/c1-35(30(37)38)26-14-8-21(9-15-26)18-28(36)34-25-19-27(22-6-3-2-4-7-22)29(33-20-25)23-10-12-24(13-11-23)31(32)16-5-17-31/h2-4,6-7,10-13,19-21,26H,5,8-9,14-18,32H2,1H3,(H,34,36)(H,37,38)/t21-,26-. The van der Waals surface area contributed by atoms with Crippen LogP contribution in [0.15, 0.2) is 66.9 Å². The molecule has 0 unspecified atom stereocenters. The van der Waals surface area contributed by atoms with Gasteiger partial charge in [0.25, 0.3) is 0 Å². The first kappa shape index (κ1) is 25.9. The molecular weight excluding hydrogens is 476 g/mol. The maximum atomic E-state index is 12.9. The van der Waals surface area contributed by atoms with Gasteiger partial charge in [-0.05, 0) is 68.1 Å². The number of rotatable bonds is 7. The lowest BCUT2D eigenvalue weighted by Crippen LogP contribution is -2.43. The van der Waals surface area contributed by atoms with E-state index in [1.807, 2.05) is 24.3 Å². The molecule has 2 aromatic carbocycles. The highest BCUT2D eigenvalue weighted by atomic mass is 16.4. The van der Waals surface area contributed by atoms with Crippen LogP contribution in [0, 0.1) is 5.92 Å². The molecule has 198 valence electrons. The van der Waals surface area contributed by atoms with E-state index in [9.17, 15) is 14.7 Å². The summed E-state index contributed by atoms with van der Waals surface area (Å²) in [6.07, 6.45) is 7.76. The van der Waals surface area contributed by atoms with Crippen molar-refractivity contribution < 1.29 is 14.7 Å². The Morgan fingerprint density at radius 2 is 1.71 bits per heavy atom. The van der Waals surface area contributed by atoms with Crippen LogP contribution in [0.5, 0.6) is 0 Å². The number of carboxylic acid groups (broad SMARTS) is 1. The molecule has 0 bridgehead atoms. The number of nitrogens with two attached hydrogens (primary N) is 1. The summed E-state index contributed by atoms with van der Waals surface area (Å²) in [6.45, 7) is 0. The predicted octanol–water partition coefficient (Wildman–Crippen LogP) is 6.25. The van der Waals surface area contributed by atoms with Crippen LogP contribution in [0.4, 0.5) is 10.5 Å². The highest BCUT2D eigenvalue weighted by Gasteiger charge is 2.34. The predicted molar refractivity (Wildman–Crippen MR) is 150 cm³/mol. The molecule has 5 rings (SSSR count). The number of benzene rings is 2. The van der Waals surface area contributed by atoms with Crippen molar-refractivity contribution in [3.63, 3.8) is 0 Å². The van der Waals surface area contributed by atoms with E-state index in [1.165, 1.54) is 16.9 Å². The summed E-state index contributed by atoms with van der Waals surface area (Å²) >= 11 is 0. The average Bonchev–Trinajstić information content (AvgIpc) is 2.92. The Hall–Kier alpha value is -3.71. The van der Waals surface area contributed by atoms with Gasteiger partial charge in [0.05, 0.1) is 17.6 Å². The molecule has 1 aromatic heterocycles. The van der Waals surface area contributed by atoms with Crippen molar-refractivity contribution in [1.82, 2.24) is 9.88 Å². The fourth-order valence-electron chi connectivity index (χ4n) is 5.77. The van der Waals surface area contributed by atoms with E-state index < -0.39 is 6.09 Å².